The fraction of sp³-hybridized carbons (Fsp3) is 0.545. The maximum atomic E-state index is 12.2. The van der Waals surface area contributed by atoms with E-state index >= 15 is 0 Å². The lowest BCUT2D eigenvalue weighted by atomic mass is 10.1. The SMILES string of the molecule is Cc1cc(NC(=O)CN2CCN(Cc3ccccc3N3CCOC(C)C3)CC2)no1. The molecule has 0 aliphatic carbocycles. The zero-order chi connectivity index (χ0) is 20.9. The summed E-state index contributed by atoms with van der Waals surface area (Å²) in [6.07, 6.45) is 0.266. The van der Waals surface area contributed by atoms with Crippen molar-refractivity contribution in [3.05, 3.63) is 41.7 Å². The van der Waals surface area contributed by atoms with Gasteiger partial charge in [0.2, 0.25) is 5.91 Å². The molecule has 30 heavy (non-hydrogen) atoms. The van der Waals surface area contributed by atoms with Crippen LogP contribution in [-0.2, 0) is 16.1 Å². The average Bonchev–Trinajstić information content (AvgIpc) is 3.14. The molecule has 0 saturated carbocycles. The molecule has 2 aliphatic heterocycles. The molecular weight excluding hydrogens is 382 g/mol. The van der Waals surface area contributed by atoms with Gasteiger partial charge in [0, 0.05) is 57.6 Å². The second kappa shape index (κ2) is 9.59. The van der Waals surface area contributed by atoms with E-state index in [2.05, 4.69) is 56.4 Å². The van der Waals surface area contributed by atoms with Gasteiger partial charge in [-0.3, -0.25) is 14.6 Å². The Morgan fingerprint density at radius 1 is 1.17 bits per heavy atom. The van der Waals surface area contributed by atoms with Crippen LogP contribution >= 0.6 is 0 Å². The summed E-state index contributed by atoms with van der Waals surface area (Å²) in [4.78, 5) is 19.3. The van der Waals surface area contributed by atoms with E-state index in [1.165, 1.54) is 11.3 Å². The normalized spacial score (nSPS) is 21.0. The Hall–Kier alpha value is -2.42. The van der Waals surface area contributed by atoms with Gasteiger partial charge in [-0.25, -0.2) is 0 Å². The lowest BCUT2D eigenvalue weighted by Gasteiger charge is -2.37. The van der Waals surface area contributed by atoms with E-state index < -0.39 is 0 Å². The molecule has 4 rings (SSSR count). The second-order valence-electron chi connectivity index (χ2n) is 8.18. The van der Waals surface area contributed by atoms with Crippen molar-refractivity contribution in [2.75, 3.05) is 62.6 Å². The zero-order valence-corrected chi connectivity index (χ0v) is 17.8. The third kappa shape index (κ3) is 5.38. The third-order valence-electron chi connectivity index (χ3n) is 5.69. The number of rotatable bonds is 6. The zero-order valence-electron chi connectivity index (χ0n) is 17.8. The summed E-state index contributed by atoms with van der Waals surface area (Å²) in [6.45, 7) is 11.6. The van der Waals surface area contributed by atoms with Crippen LogP contribution in [0.2, 0.25) is 0 Å². The quantitative estimate of drug-likeness (QED) is 0.776. The molecule has 2 fully saturated rings. The first-order chi connectivity index (χ1) is 14.6. The molecule has 2 aromatic rings. The number of benzene rings is 1. The number of para-hydroxylation sites is 1. The highest BCUT2D eigenvalue weighted by Crippen LogP contribution is 2.24. The Kier molecular flexibility index (Phi) is 6.66. The van der Waals surface area contributed by atoms with Crippen molar-refractivity contribution in [1.29, 1.82) is 0 Å². The highest BCUT2D eigenvalue weighted by Gasteiger charge is 2.23. The van der Waals surface area contributed by atoms with Crippen molar-refractivity contribution in [3.63, 3.8) is 0 Å². The van der Waals surface area contributed by atoms with Gasteiger partial charge in [0.05, 0.1) is 19.3 Å². The van der Waals surface area contributed by atoms with Crippen LogP contribution in [0.4, 0.5) is 11.5 Å². The maximum absolute atomic E-state index is 12.2. The Labute approximate surface area is 177 Å². The number of amides is 1. The number of carbonyl (C=O) groups is 1. The molecule has 8 heteroatoms. The number of carbonyl (C=O) groups excluding carboxylic acids is 1. The molecule has 1 aromatic carbocycles. The summed E-state index contributed by atoms with van der Waals surface area (Å²) in [7, 11) is 0. The van der Waals surface area contributed by atoms with Crippen molar-refractivity contribution in [1.82, 2.24) is 15.0 Å². The van der Waals surface area contributed by atoms with Gasteiger partial charge in [-0.15, -0.1) is 0 Å². The van der Waals surface area contributed by atoms with Gasteiger partial charge < -0.3 is 19.5 Å². The molecule has 3 heterocycles. The monoisotopic (exact) mass is 413 g/mol. The minimum Gasteiger partial charge on any atom is -0.375 e. The summed E-state index contributed by atoms with van der Waals surface area (Å²) in [6, 6.07) is 10.4. The van der Waals surface area contributed by atoms with Crippen molar-refractivity contribution >= 4 is 17.4 Å². The van der Waals surface area contributed by atoms with Gasteiger partial charge in [0.25, 0.3) is 0 Å². The number of nitrogens with one attached hydrogen (secondary N) is 1. The van der Waals surface area contributed by atoms with E-state index in [4.69, 9.17) is 9.26 Å². The summed E-state index contributed by atoms with van der Waals surface area (Å²) in [5.74, 6) is 1.11. The molecule has 8 nitrogen and oxygen atoms in total. The van der Waals surface area contributed by atoms with Gasteiger partial charge in [-0.1, -0.05) is 23.4 Å². The number of hydrogen-bond donors (Lipinski definition) is 1. The van der Waals surface area contributed by atoms with Crippen LogP contribution in [0.5, 0.6) is 0 Å². The lowest BCUT2D eigenvalue weighted by Crippen LogP contribution is -2.48. The topological polar surface area (TPSA) is 74.1 Å². The van der Waals surface area contributed by atoms with Crippen molar-refractivity contribution in [2.24, 2.45) is 0 Å². The van der Waals surface area contributed by atoms with E-state index in [-0.39, 0.29) is 12.0 Å². The first kappa shape index (κ1) is 20.8. The van der Waals surface area contributed by atoms with Gasteiger partial charge in [0.15, 0.2) is 5.82 Å². The molecule has 2 aliphatic rings. The fourth-order valence-electron chi connectivity index (χ4n) is 4.15. The van der Waals surface area contributed by atoms with Gasteiger partial charge in [-0.2, -0.15) is 0 Å². The van der Waals surface area contributed by atoms with Crippen LogP contribution in [0.3, 0.4) is 0 Å². The average molecular weight is 414 g/mol. The predicted molar refractivity (Wildman–Crippen MR) is 116 cm³/mol. The molecule has 1 unspecified atom stereocenters. The summed E-state index contributed by atoms with van der Waals surface area (Å²) >= 11 is 0. The fourth-order valence-corrected chi connectivity index (χ4v) is 4.15. The Bertz CT molecular complexity index is 847. The standard InChI is InChI=1S/C22H31N5O3/c1-17-13-21(24-30-17)23-22(28)16-26-9-7-25(8-10-26)15-19-5-3-4-6-20(19)27-11-12-29-18(2)14-27/h3-6,13,18H,7-12,14-16H2,1-2H3,(H,23,24,28). The number of morpholine rings is 1. The van der Waals surface area contributed by atoms with Crippen LogP contribution in [0.1, 0.15) is 18.2 Å². The maximum Gasteiger partial charge on any atom is 0.239 e. The molecule has 0 bridgehead atoms. The molecule has 1 N–H and O–H groups in total. The Morgan fingerprint density at radius 3 is 2.67 bits per heavy atom. The molecule has 0 spiro atoms. The van der Waals surface area contributed by atoms with Crippen LogP contribution in [0.25, 0.3) is 0 Å². The van der Waals surface area contributed by atoms with E-state index in [9.17, 15) is 4.79 Å². The molecule has 2 saturated heterocycles. The number of ether oxygens (including phenoxy) is 1. The van der Waals surface area contributed by atoms with Crippen LogP contribution in [0.15, 0.2) is 34.9 Å². The van der Waals surface area contributed by atoms with Crippen LogP contribution < -0.4 is 10.2 Å². The van der Waals surface area contributed by atoms with Crippen molar-refractivity contribution in [2.45, 2.75) is 26.5 Å². The molecule has 0 radical (unpaired) electrons. The van der Waals surface area contributed by atoms with Crippen molar-refractivity contribution in [3.8, 4) is 0 Å². The third-order valence-corrected chi connectivity index (χ3v) is 5.69. The number of aryl methyl sites for hydroxylation is 1. The smallest absolute Gasteiger partial charge is 0.239 e. The van der Waals surface area contributed by atoms with E-state index in [1.54, 1.807) is 13.0 Å². The Morgan fingerprint density at radius 2 is 1.93 bits per heavy atom. The summed E-state index contributed by atoms with van der Waals surface area (Å²) < 4.78 is 10.7. The van der Waals surface area contributed by atoms with E-state index in [0.29, 0.717) is 18.1 Å². The minimum absolute atomic E-state index is 0.0523. The molecular formula is C22H31N5O3. The molecule has 1 amide bonds. The highest BCUT2D eigenvalue weighted by atomic mass is 16.5. The molecule has 1 atom stereocenters. The number of piperazine rings is 1. The van der Waals surface area contributed by atoms with Gasteiger partial charge >= 0.3 is 0 Å². The molecule has 162 valence electrons. The number of hydrogen-bond acceptors (Lipinski definition) is 7. The number of aromatic nitrogens is 1. The summed E-state index contributed by atoms with van der Waals surface area (Å²) in [5.41, 5.74) is 2.68. The molecule has 1 aromatic heterocycles. The first-order valence-corrected chi connectivity index (χ1v) is 10.7. The number of anilines is 2. The van der Waals surface area contributed by atoms with Gasteiger partial charge in [-0.05, 0) is 25.5 Å². The number of nitrogens with zero attached hydrogens (tertiary/aromatic N) is 4. The predicted octanol–water partition coefficient (Wildman–Crippen LogP) is 1.96. The summed E-state index contributed by atoms with van der Waals surface area (Å²) in [5, 5.41) is 6.61. The van der Waals surface area contributed by atoms with Crippen LogP contribution in [-0.4, -0.2) is 79.4 Å². The first-order valence-electron chi connectivity index (χ1n) is 10.7. The highest BCUT2D eigenvalue weighted by molar-refractivity contribution is 5.91. The minimum atomic E-state index is -0.0523. The van der Waals surface area contributed by atoms with E-state index in [1.807, 2.05) is 0 Å². The van der Waals surface area contributed by atoms with E-state index in [0.717, 1.165) is 52.4 Å². The lowest BCUT2D eigenvalue weighted by molar-refractivity contribution is -0.117. The second-order valence-corrected chi connectivity index (χ2v) is 8.18. The van der Waals surface area contributed by atoms with Gasteiger partial charge in [0.1, 0.15) is 5.76 Å². The van der Waals surface area contributed by atoms with Crippen molar-refractivity contribution < 1.29 is 14.1 Å². The largest absolute Gasteiger partial charge is 0.375 e. The van der Waals surface area contributed by atoms with Crippen LogP contribution in [0, 0.1) is 6.92 Å². The Balaban J connectivity index is 1.27.